The van der Waals surface area contributed by atoms with Crippen LogP contribution >= 0.6 is 0 Å². The molecule has 0 bridgehead atoms. The van der Waals surface area contributed by atoms with E-state index in [2.05, 4.69) is 146 Å². The van der Waals surface area contributed by atoms with E-state index in [1.54, 1.807) is 4.80 Å². The molecule has 0 atom stereocenters. The normalized spacial score (nSPS) is 11.5. The van der Waals surface area contributed by atoms with Gasteiger partial charge < -0.3 is 4.42 Å². The maximum atomic E-state index is 6.24. The van der Waals surface area contributed by atoms with Gasteiger partial charge in [0.2, 0.25) is 0 Å². The first-order chi connectivity index (χ1) is 22.8. The van der Waals surface area contributed by atoms with Crippen LogP contribution in [0.3, 0.4) is 0 Å². The van der Waals surface area contributed by atoms with Crippen LogP contribution in [-0.2, 0) is 0 Å². The quantitative estimate of drug-likeness (QED) is 0.201. The highest BCUT2D eigenvalue weighted by atomic mass is 16.3. The predicted octanol–water partition coefficient (Wildman–Crippen LogP) is 11.0. The number of furan rings is 1. The summed E-state index contributed by atoms with van der Waals surface area (Å²) in [5.41, 5.74) is 13.6. The van der Waals surface area contributed by atoms with E-state index in [4.69, 9.17) is 14.6 Å². The fraction of sp³-hybridized carbons (Fsp3) is 0. The highest BCUT2D eigenvalue weighted by Gasteiger charge is 2.17. The van der Waals surface area contributed by atoms with Crippen molar-refractivity contribution in [3.8, 4) is 50.2 Å². The molecule has 9 rings (SSSR count). The third-order valence-corrected chi connectivity index (χ3v) is 8.72. The van der Waals surface area contributed by atoms with E-state index in [0.717, 1.165) is 72.0 Å². The van der Waals surface area contributed by atoms with Gasteiger partial charge in [0.05, 0.1) is 5.69 Å². The van der Waals surface area contributed by atoms with Crippen molar-refractivity contribution in [3.05, 3.63) is 164 Å². The summed E-state index contributed by atoms with van der Waals surface area (Å²) < 4.78 is 6.24. The second-order valence-electron chi connectivity index (χ2n) is 11.5. The molecule has 7 aromatic carbocycles. The molecule has 0 saturated heterocycles. The Labute approximate surface area is 265 Å². The van der Waals surface area contributed by atoms with Gasteiger partial charge in [-0.1, -0.05) is 121 Å². The van der Waals surface area contributed by atoms with Gasteiger partial charge in [-0.05, 0) is 87.0 Å². The minimum Gasteiger partial charge on any atom is -0.456 e. The molecular weight excluding hydrogens is 562 g/mol. The van der Waals surface area contributed by atoms with Gasteiger partial charge >= 0.3 is 0 Å². The fourth-order valence-electron chi connectivity index (χ4n) is 6.44. The molecule has 0 aliphatic heterocycles. The second-order valence-corrected chi connectivity index (χ2v) is 11.5. The predicted molar refractivity (Wildman–Crippen MR) is 188 cm³/mol. The van der Waals surface area contributed by atoms with E-state index in [1.165, 1.54) is 11.1 Å². The summed E-state index contributed by atoms with van der Waals surface area (Å²) in [4.78, 5) is 1.72. The van der Waals surface area contributed by atoms with Crippen LogP contribution in [0.15, 0.2) is 168 Å². The van der Waals surface area contributed by atoms with Gasteiger partial charge in [-0.25, -0.2) is 0 Å². The molecule has 9 aromatic rings. The lowest BCUT2D eigenvalue weighted by atomic mass is 9.89. The molecule has 0 unspecified atom stereocenters. The number of para-hydroxylation sites is 1. The van der Waals surface area contributed by atoms with Crippen molar-refractivity contribution in [2.75, 3.05) is 0 Å². The van der Waals surface area contributed by atoms with Crippen molar-refractivity contribution in [3.63, 3.8) is 0 Å². The van der Waals surface area contributed by atoms with Gasteiger partial charge in [0, 0.05) is 10.8 Å². The van der Waals surface area contributed by atoms with Crippen LogP contribution in [0.2, 0.25) is 0 Å². The summed E-state index contributed by atoms with van der Waals surface area (Å²) in [7, 11) is 0. The van der Waals surface area contributed by atoms with E-state index < -0.39 is 0 Å². The first-order valence-electron chi connectivity index (χ1n) is 15.4. The molecule has 0 fully saturated rings. The molecule has 0 aliphatic carbocycles. The van der Waals surface area contributed by atoms with E-state index in [0.29, 0.717) is 0 Å². The summed E-state index contributed by atoms with van der Waals surface area (Å²) in [5.74, 6) is 0. The average Bonchev–Trinajstić information content (AvgIpc) is 3.74. The number of nitrogens with zero attached hydrogens (tertiary/aromatic N) is 3. The smallest absolute Gasteiger partial charge is 0.136 e. The van der Waals surface area contributed by atoms with Gasteiger partial charge in [0.1, 0.15) is 22.2 Å². The number of fused-ring (bicyclic) bond motifs is 4. The summed E-state index contributed by atoms with van der Waals surface area (Å²) >= 11 is 0. The van der Waals surface area contributed by atoms with Crippen LogP contribution in [0.4, 0.5) is 0 Å². The summed E-state index contributed by atoms with van der Waals surface area (Å²) in [6, 6.07) is 57.0. The Morgan fingerprint density at radius 3 is 1.85 bits per heavy atom. The third-order valence-electron chi connectivity index (χ3n) is 8.72. The van der Waals surface area contributed by atoms with E-state index in [1.807, 2.05) is 18.2 Å². The molecule has 0 saturated carbocycles. The molecule has 0 radical (unpaired) electrons. The molecule has 0 aliphatic rings. The van der Waals surface area contributed by atoms with Gasteiger partial charge in [-0.2, -0.15) is 4.80 Å². The lowest BCUT2D eigenvalue weighted by molar-refractivity contribution is 0.669. The summed E-state index contributed by atoms with van der Waals surface area (Å²) in [5, 5.41) is 11.9. The van der Waals surface area contributed by atoms with Crippen molar-refractivity contribution in [2.45, 2.75) is 0 Å². The zero-order valence-corrected chi connectivity index (χ0v) is 24.8. The van der Waals surface area contributed by atoms with Gasteiger partial charge in [0.15, 0.2) is 0 Å². The molecule has 0 N–H and O–H groups in total. The van der Waals surface area contributed by atoms with E-state index in [9.17, 15) is 0 Å². The number of benzene rings is 7. The lowest BCUT2D eigenvalue weighted by Gasteiger charge is -2.14. The van der Waals surface area contributed by atoms with Crippen LogP contribution in [-0.4, -0.2) is 15.0 Å². The molecule has 46 heavy (non-hydrogen) atoms. The highest BCUT2D eigenvalue weighted by Crippen LogP contribution is 2.42. The Morgan fingerprint density at radius 1 is 0.391 bits per heavy atom. The standard InChI is InChI=1S/C42H27N3O/c1-3-10-28(11-4-1)29-18-22-33(23-19-29)45-43-38-25-21-32(27-39(38)44-45)31-20-24-34(37(26-31)30-12-5-2-6-13-30)35-15-9-17-41-42(35)36-14-7-8-16-40(36)46-41/h1-27H. The molecule has 0 amide bonds. The maximum absolute atomic E-state index is 6.24. The molecule has 216 valence electrons. The number of rotatable bonds is 5. The van der Waals surface area contributed by atoms with Gasteiger partial charge in [-0.15, -0.1) is 10.2 Å². The molecule has 4 heteroatoms. The highest BCUT2D eigenvalue weighted by molar-refractivity contribution is 6.13. The van der Waals surface area contributed by atoms with E-state index >= 15 is 0 Å². The van der Waals surface area contributed by atoms with Crippen molar-refractivity contribution in [1.82, 2.24) is 15.0 Å². The monoisotopic (exact) mass is 589 g/mol. The minimum atomic E-state index is 0.851. The lowest BCUT2D eigenvalue weighted by Crippen LogP contribution is -1.97. The van der Waals surface area contributed by atoms with Crippen LogP contribution in [0, 0.1) is 0 Å². The van der Waals surface area contributed by atoms with E-state index in [-0.39, 0.29) is 0 Å². The van der Waals surface area contributed by atoms with Crippen molar-refractivity contribution < 1.29 is 4.42 Å². The number of hydrogen-bond acceptors (Lipinski definition) is 3. The topological polar surface area (TPSA) is 43.9 Å². The second kappa shape index (κ2) is 10.7. The Balaban J connectivity index is 1.13. The van der Waals surface area contributed by atoms with Crippen LogP contribution in [0.1, 0.15) is 0 Å². The third kappa shape index (κ3) is 4.47. The molecule has 4 nitrogen and oxygen atoms in total. The first kappa shape index (κ1) is 26.2. The molecule has 2 aromatic heterocycles. The number of hydrogen-bond donors (Lipinski definition) is 0. The first-order valence-corrected chi connectivity index (χ1v) is 15.4. The zero-order valence-electron chi connectivity index (χ0n) is 24.8. The summed E-state index contributed by atoms with van der Waals surface area (Å²) in [6.07, 6.45) is 0. The fourth-order valence-corrected chi connectivity index (χ4v) is 6.44. The van der Waals surface area contributed by atoms with Gasteiger partial charge in [0.25, 0.3) is 0 Å². The Kier molecular flexibility index (Phi) is 6.10. The molecule has 2 heterocycles. The maximum Gasteiger partial charge on any atom is 0.136 e. The van der Waals surface area contributed by atoms with Crippen molar-refractivity contribution in [2.24, 2.45) is 0 Å². The Hall–Kier alpha value is -6.26. The van der Waals surface area contributed by atoms with Crippen LogP contribution < -0.4 is 0 Å². The van der Waals surface area contributed by atoms with Crippen LogP contribution in [0.5, 0.6) is 0 Å². The number of aromatic nitrogens is 3. The molecular formula is C42H27N3O. The average molecular weight is 590 g/mol. The van der Waals surface area contributed by atoms with Gasteiger partial charge in [-0.3, -0.25) is 0 Å². The van der Waals surface area contributed by atoms with Crippen molar-refractivity contribution >= 4 is 33.0 Å². The van der Waals surface area contributed by atoms with Crippen LogP contribution in [0.25, 0.3) is 83.2 Å². The molecule has 0 spiro atoms. The van der Waals surface area contributed by atoms with Crippen molar-refractivity contribution in [1.29, 1.82) is 0 Å². The SMILES string of the molecule is c1ccc(-c2ccc(-n3nc4ccc(-c5ccc(-c6cccc7oc8ccccc8c67)c(-c6ccccc6)c5)cc4n3)cc2)cc1. The Morgan fingerprint density at radius 2 is 1.02 bits per heavy atom. The largest absolute Gasteiger partial charge is 0.456 e. The zero-order chi connectivity index (χ0) is 30.5. The minimum absolute atomic E-state index is 0.851. The summed E-state index contributed by atoms with van der Waals surface area (Å²) in [6.45, 7) is 0. The Bertz CT molecular complexity index is 2510.